The third kappa shape index (κ3) is 2.95. The fraction of sp³-hybridized carbons (Fsp3) is 0.389. The van der Waals surface area contributed by atoms with Gasteiger partial charge in [-0.15, -0.1) is 0 Å². The first-order chi connectivity index (χ1) is 13.6. The molecule has 1 fully saturated rings. The highest BCUT2D eigenvalue weighted by Crippen LogP contribution is 2.33. The summed E-state index contributed by atoms with van der Waals surface area (Å²) in [5.74, 6) is 0.557. The molecule has 2 aromatic heterocycles. The molecular weight excluding hydrogens is 387 g/mol. The van der Waals surface area contributed by atoms with Crippen LogP contribution in [-0.2, 0) is 11.3 Å². The predicted octanol–water partition coefficient (Wildman–Crippen LogP) is 2.27. The minimum Gasteiger partial charge on any atom is -0.389 e. The van der Waals surface area contributed by atoms with Gasteiger partial charge in [-0.05, 0) is 18.6 Å². The fourth-order valence-electron chi connectivity index (χ4n) is 3.66. The van der Waals surface area contributed by atoms with Crippen molar-refractivity contribution in [2.45, 2.75) is 25.1 Å². The average Bonchev–Trinajstić information content (AvgIpc) is 3.27. The Balaban J connectivity index is 1.53. The molecule has 2 aliphatic rings. The Morgan fingerprint density at radius 2 is 2.25 bits per heavy atom. The van der Waals surface area contributed by atoms with E-state index in [-0.39, 0.29) is 12.6 Å². The van der Waals surface area contributed by atoms with Crippen molar-refractivity contribution in [3.05, 3.63) is 29.2 Å². The zero-order valence-electron chi connectivity index (χ0n) is 14.8. The predicted molar refractivity (Wildman–Crippen MR) is 103 cm³/mol. The molecule has 1 saturated heterocycles. The standard InChI is InChI=1S/C18H18ClFN6O2/c19-10-7-22-17(23-12-1-4-28-8-14(12)27)24-15(10)9-5-11(20)16-13(6-9)26-3-2-21-18(26)25-16/h5-7,12,14,27H,1-4,8H2,(H,21,25)(H,22,23,24)/t12-,14-/m1/s1. The van der Waals surface area contributed by atoms with Gasteiger partial charge in [-0.3, -0.25) is 0 Å². The van der Waals surface area contributed by atoms with Crippen LogP contribution in [0.2, 0.25) is 5.02 Å². The Labute approximate surface area is 164 Å². The number of halogens is 2. The van der Waals surface area contributed by atoms with Gasteiger partial charge < -0.3 is 25.0 Å². The first kappa shape index (κ1) is 17.6. The Morgan fingerprint density at radius 3 is 3.11 bits per heavy atom. The van der Waals surface area contributed by atoms with E-state index in [1.165, 1.54) is 12.3 Å². The molecule has 2 aliphatic heterocycles. The highest BCUT2D eigenvalue weighted by atomic mass is 35.5. The number of aromatic nitrogens is 4. The summed E-state index contributed by atoms with van der Waals surface area (Å²) in [4.78, 5) is 13.0. The minimum atomic E-state index is -0.646. The van der Waals surface area contributed by atoms with Crippen LogP contribution in [0.25, 0.3) is 22.3 Å². The van der Waals surface area contributed by atoms with E-state index in [9.17, 15) is 9.50 Å². The van der Waals surface area contributed by atoms with Gasteiger partial charge in [0.25, 0.3) is 0 Å². The van der Waals surface area contributed by atoms with E-state index in [0.29, 0.717) is 52.2 Å². The SMILES string of the molecule is O[C@@H]1COCC[C@H]1Nc1ncc(Cl)c(-c2cc(F)c3nc4n(c3c2)CCN4)n1. The molecule has 0 bridgehead atoms. The van der Waals surface area contributed by atoms with Gasteiger partial charge in [0.2, 0.25) is 11.9 Å². The lowest BCUT2D eigenvalue weighted by atomic mass is 10.1. The van der Waals surface area contributed by atoms with Crippen LogP contribution in [0.15, 0.2) is 18.3 Å². The van der Waals surface area contributed by atoms with Crippen molar-refractivity contribution < 1.29 is 14.2 Å². The number of nitrogens with zero attached hydrogens (tertiary/aromatic N) is 4. The number of benzene rings is 1. The highest BCUT2D eigenvalue weighted by Gasteiger charge is 2.25. The summed E-state index contributed by atoms with van der Waals surface area (Å²) in [7, 11) is 0. The molecule has 4 heterocycles. The second-order valence-corrected chi connectivity index (χ2v) is 7.32. The molecule has 1 aromatic carbocycles. The molecule has 3 aromatic rings. The van der Waals surface area contributed by atoms with Crippen molar-refractivity contribution in [1.29, 1.82) is 0 Å². The van der Waals surface area contributed by atoms with Crippen LogP contribution in [0.3, 0.4) is 0 Å². The minimum absolute atomic E-state index is 0.217. The van der Waals surface area contributed by atoms with E-state index in [4.69, 9.17) is 16.3 Å². The molecule has 28 heavy (non-hydrogen) atoms. The van der Waals surface area contributed by atoms with Gasteiger partial charge in [-0.1, -0.05) is 11.6 Å². The Bertz CT molecular complexity index is 1060. The number of fused-ring (bicyclic) bond motifs is 3. The number of hydrogen-bond donors (Lipinski definition) is 3. The van der Waals surface area contributed by atoms with Crippen LogP contribution >= 0.6 is 11.6 Å². The third-order valence-corrected chi connectivity index (χ3v) is 5.36. The first-order valence-electron chi connectivity index (χ1n) is 9.09. The quantitative estimate of drug-likeness (QED) is 0.616. The number of rotatable bonds is 3. The van der Waals surface area contributed by atoms with Crippen molar-refractivity contribution in [3.63, 3.8) is 0 Å². The van der Waals surface area contributed by atoms with Crippen molar-refractivity contribution in [2.75, 3.05) is 30.4 Å². The Hall–Kier alpha value is -2.49. The van der Waals surface area contributed by atoms with Crippen LogP contribution in [0.1, 0.15) is 6.42 Å². The number of imidazole rings is 1. The Kier molecular flexibility index (Phi) is 4.30. The molecule has 2 atom stereocenters. The molecule has 0 unspecified atom stereocenters. The monoisotopic (exact) mass is 404 g/mol. The van der Waals surface area contributed by atoms with Gasteiger partial charge >= 0.3 is 0 Å². The van der Waals surface area contributed by atoms with Gasteiger partial charge in [-0.25, -0.2) is 19.3 Å². The van der Waals surface area contributed by atoms with E-state index < -0.39 is 11.9 Å². The summed E-state index contributed by atoms with van der Waals surface area (Å²) in [5, 5.41) is 16.6. The molecular formula is C18H18ClFN6O2. The zero-order valence-corrected chi connectivity index (χ0v) is 15.6. The molecule has 10 heteroatoms. The normalized spacial score (nSPS) is 21.5. The maximum Gasteiger partial charge on any atom is 0.223 e. The summed E-state index contributed by atoms with van der Waals surface area (Å²) in [5.41, 5.74) is 1.98. The van der Waals surface area contributed by atoms with Crippen molar-refractivity contribution in [2.24, 2.45) is 0 Å². The smallest absolute Gasteiger partial charge is 0.223 e. The lowest BCUT2D eigenvalue weighted by molar-refractivity contribution is -0.0136. The molecule has 5 rings (SSSR count). The van der Waals surface area contributed by atoms with E-state index in [2.05, 4.69) is 25.6 Å². The number of nitrogens with one attached hydrogen (secondary N) is 2. The van der Waals surface area contributed by atoms with Crippen LogP contribution < -0.4 is 10.6 Å². The van der Waals surface area contributed by atoms with Gasteiger partial charge in [0.15, 0.2) is 5.82 Å². The summed E-state index contributed by atoms with van der Waals surface area (Å²) in [6.07, 6.45) is 1.47. The second-order valence-electron chi connectivity index (χ2n) is 6.91. The topological polar surface area (TPSA) is 97.1 Å². The fourth-order valence-corrected chi connectivity index (χ4v) is 3.86. The van der Waals surface area contributed by atoms with Crippen LogP contribution in [-0.4, -0.2) is 56.5 Å². The van der Waals surface area contributed by atoms with E-state index in [1.807, 2.05) is 10.6 Å². The van der Waals surface area contributed by atoms with Gasteiger partial charge in [0.1, 0.15) is 5.52 Å². The second kappa shape index (κ2) is 6.84. The lowest BCUT2D eigenvalue weighted by Crippen LogP contribution is -2.42. The van der Waals surface area contributed by atoms with E-state index in [0.717, 1.165) is 13.1 Å². The summed E-state index contributed by atoms with van der Waals surface area (Å²) >= 11 is 6.32. The summed E-state index contributed by atoms with van der Waals surface area (Å²) in [6.45, 7) is 2.30. The maximum absolute atomic E-state index is 14.7. The van der Waals surface area contributed by atoms with Gasteiger partial charge in [0.05, 0.1) is 41.2 Å². The van der Waals surface area contributed by atoms with Crippen molar-refractivity contribution >= 4 is 34.5 Å². The summed E-state index contributed by atoms with van der Waals surface area (Å²) < 4.78 is 21.9. The van der Waals surface area contributed by atoms with Gasteiger partial charge in [-0.2, -0.15) is 0 Å². The number of aliphatic hydroxyl groups excluding tert-OH is 1. The van der Waals surface area contributed by atoms with Gasteiger partial charge in [0, 0.05) is 25.3 Å². The van der Waals surface area contributed by atoms with Crippen LogP contribution in [0, 0.1) is 5.82 Å². The maximum atomic E-state index is 14.7. The highest BCUT2D eigenvalue weighted by molar-refractivity contribution is 6.33. The molecule has 146 valence electrons. The summed E-state index contributed by atoms with van der Waals surface area (Å²) in [6, 6.07) is 3.00. The molecule has 0 radical (unpaired) electrons. The lowest BCUT2D eigenvalue weighted by Gasteiger charge is -2.28. The Morgan fingerprint density at radius 1 is 1.36 bits per heavy atom. The zero-order chi connectivity index (χ0) is 19.3. The number of aliphatic hydroxyl groups is 1. The van der Waals surface area contributed by atoms with Crippen molar-refractivity contribution in [1.82, 2.24) is 19.5 Å². The van der Waals surface area contributed by atoms with Crippen molar-refractivity contribution in [3.8, 4) is 11.3 Å². The molecule has 0 amide bonds. The number of hydrogen-bond acceptors (Lipinski definition) is 7. The molecule has 3 N–H and O–H groups in total. The van der Waals surface area contributed by atoms with Crippen LogP contribution in [0.5, 0.6) is 0 Å². The first-order valence-corrected chi connectivity index (χ1v) is 9.47. The third-order valence-electron chi connectivity index (χ3n) is 5.08. The van der Waals surface area contributed by atoms with E-state index >= 15 is 0 Å². The molecule has 0 spiro atoms. The largest absolute Gasteiger partial charge is 0.389 e. The molecule has 8 nitrogen and oxygen atoms in total. The van der Waals surface area contributed by atoms with Crippen LogP contribution in [0.4, 0.5) is 16.3 Å². The van der Waals surface area contributed by atoms with E-state index in [1.54, 1.807) is 0 Å². The average molecular weight is 405 g/mol. The molecule has 0 aliphatic carbocycles. The number of ether oxygens (including phenoxy) is 1. The number of anilines is 2. The molecule has 0 saturated carbocycles.